The maximum absolute atomic E-state index is 3.70. The van der Waals surface area contributed by atoms with Crippen molar-refractivity contribution in [1.29, 1.82) is 0 Å². The van der Waals surface area contributed by atoms with E-state index < -0.39 is 0 Å². The second kappa shape index (κ2) is 9.30. The zero-order valence-electron chi connectivity index (χ0n) is 15.3. The first-order valence-electron chi connectivity index (χ1n) is 9.21. The molecule has 1 nitrogen and oxygen atoms in total. The van der Waals surface area contributed by atoms with Crippen LogP contribution in [0.1, 0.15) is 44.7 Å². The molecule has 0 heterocycles. The fourth-order valence-corrected chi connectivity index (χ4v) is 3.30. The molecule has 126 valence electrons. The first kappa shape index (κ1) is 18.3. The lowest BCUT2D eigenvalue weighted by Crippen LogP contribution is -3.11. The van der Waals surface area contributed by atoms with Crippen LogP contribution in [0.25, 0.3) is 0 Å². The molecule has 1 N–H and O–H groups in total. The van der Waals surface area contributed by atoms with E-state index in [-0.39, 0.29) is 5.41 Å². The molecule has 0 fully saturated rings. The first-order valence-corrected chi connectivity index (χ1v) is 9.21. The van der Waals surface area contributed by atoms with E-state index in [1.807, 2.05) is 0 Å². The maximum atomic E-state index is 3.70. The van der Waals surface area contributed by atoms with Crippen LogP contribution in [0.15, 0.2) is 60.7 Å². The molecular weight excluding hydrogens is 290 g/mol. The fraction of sp³-hybridized carbons (Fsp3) is 0.391. The van der Waals surface area contributed by atoms with Crippen molar-refractivity contribution in [3.8, 4) is 11.8 Å². The molecule has 1 heteroatoms. The van der Waals surface area contributed by atoms with Crippen LogP contribution in [-0.4, -0.2) is 19.6 Å². The van der Waals surface area contributed by atoms with Gasteiger partial charge in [0.2, 0.25) is 0 Å². The van der Waals surface area contributed by atoms with Crippen LogP contribution in [0.5, 0.6) is 0 Å². The number of hydrogen-bond donors (Lipinski definition) is 1. The van der Waals surface area contributed by atoms with Gasteiger partial charge in [0.25, 0.3) is 0 Å². The molecule has 0 saturated carbocycles. The molecule has 0 spiro atoms. The minimum atomic E-state index is -0.205. The zero-order valence-corrected chi connectivity index (χ0v) is 15.3. The SMILES string of the molecule is CCCC(C#CC[NH+](CC)CC)(c1ccccc1)c1ccccc1. The monoisotopic (exact) mass is 320 g/mol. The molecule has 2 aromatic carbocycles. The van der Waals surface area contributed by atoms with Gasteiger partial charge in [0.1, 0.15) is 6.54 Å². The smallest absolute Gasteiger partial charge is 0.139 e. The predicted molar refractivity (Wildman–Crippen MR) is 103 cm³/mol. The van der Waals surface area contributed by atoms with Crippen molar-refractivity contribution in [2.45, 2.75) is 39.0 Å². The van der Waals surface area contributed by atoms with Crippen molar-refractivity contribution < 1.29 is 4.90 Å². The van der Waals surface area contributed by atoms with Crippen molar-refractivity contribution in [3.63, 3.8) is 0 Å². The number of hydrogen-bond acceptors (Lipinski definition) is 0. The summed E-state index contributed by atoms with van der Waals surface area (Å²) >= 11 is 0. The van der Waals surface area contributed by atoms with Crippen molar-refractivity contribution in [1.82, 2.24) is 0 Å². The normalized spacial score (nSPS) is 11.2. The second-order valence-corrected chi connectivity index (χ2v) is 6.32. The van der Waals surface area contributed by atoms with Crippen LogP contribution in [0, 0.1) is 11.8 Å². The summed E-state index contributed by atoms with van der Waals surface area (Å²) in [7, 11) is 0. The van der Waals surface area contributed by atoms with E-state index in [4.69, 9.17) is 0 Å². The number of rotatable bonds is 7. The van der Waals surface area contributed by atoms with Crippen LogP contribution in [0.4, 0.5) is 0 Å². The summed E-state index contributed by atoms with van der Waals surface area (Å²) < 4.78 is 0. The Labute approximate surface area is 147 Å². The third kappa shape index (κ3) is 4.28. The standard InChI is InChI=1S/C23H29N/c1-4-18-23(21-14-9-7-10-15-21,22-16-11-8-12-17-22)19-13-20-24(5-2)6-3/h7-12,14-17H,4-6,18,20H2,1-3H3/p+1. The molecular formula is C23H30N+. The summed E-state index contributed by atoms with van der Waals surface area (Å²) in [4.78, 5) is 1.54. The molecule has 0 radical (unpaired) electrons. The Kier molecular flexibility index (Phi) is 7.09. The van der Waals surface area contributed by atoms with Gasteiger partial charge in [-0.25, -0.2) is 0 Å². The van der Waals surface area contributed by atoms with Gasteiger partial charge < -0.3 is 4.90 Å². The highest BCUT2D eigenvalue weighted by Gasteiger charge is 2.31. The van der Waals surface area contributed by atoms with Gasteiger partial charge in [-0.15, -0.1) is 0 Å². The van der Waals surface area contributed by atoms with Gasteiger partial charge in [0.05, 0.1) is 18.5 Å². The van der Waals surface area contributed by atoms with E-state index in [1.165, 1.54) is 16.0 Å². The number of quaternary nitrogens is 1. The molecule has 0 saturated heterocycles. The van der Waals surface area contributed by atoms with E-state index in [0.29, 0.717) is 0 Å². The molecule has 2 rings (SSSR count). The third-order valence-corrected chi connectivity index (χ3v) is 4.80. The second-order valence-electron chi connectivity index (χ2n) is 6.32. The van der Waals surface area contributed by atoms with Crippen molar-refractivity contribution in [2.75, 3.05) is 19.6 Å². The van der Waals surface area contributed by atoms with Gasteiger partial charge in [-0.2, -0.15) is 0 Å². The molecule has 0 amide bonds. The Hall–Kier alpha value is -2.04. The molecule has 0 aromatic heterocycles. The highest BCUT2D eigenvalue weighted by Crippen LogP contribution is 2.36. The van der Waals surface area contributed by atoms with E-state index in [2.05, 4.69) is 93.3 Å². The van der Waals surface area contributed by atoms with Crippen LogP contribution in [0.2, 0.25) is 0 Å². The number of benzene rings is 2. The van der Waals surface area contributed by atoms with E-state index >= 15 is 0 Å². The molecule has 0 unspecified atom stereocenters. The fourth-order valence-electron chi connectivity index (χ4n) is 3.30. The molecule has 0 bridgehead atoms. The quantitative estimate of drug-likeness (QED) is 0.742. The number of nitrogens with one attached hydrogen (secondary N) is 1. The summed E-state index contributed by atoms with van der Waals surface area (Å²) in [6.07, 6.45) is 2.15. The predicted octanol–water partition coefficient (Wildman–Crippen LogP) is 3.70. The molecule has 0 aliphatic carbocycles. The maximum Gasteiger partial charge on any atom is 0.139 e. The Morgan fingerprint density at radius 3 is 1.71 bits per heavy atom. The average Bonchev–Trinajstić information content (AvgIpc) is 2.66. The Morgan fingerprint density at radius 2 is 1.29 bits per heavy atom. The topological polar surface area (TPSA) is 4.44 Å². The van der Waals surface area contributed by atoms with Crippen LogP contribution in [-0.2, 0) is 5.41 Å². The minimum Gasteiger partial charge on any atom is -0.325 e. The van der Waals surface area contributed by atoms with Crippen LogP contribution >= 0.6 is 0 Å². The third-order valence-electron chi connectivity index (χ3n) is 4.80. The highest BCUT2D eigenvalue weighted by atomic mass is 15.1. The van der Waals surface area contributed by atoms with Gasteiger partial charge in [-0.3, -0.25) is 0 Å². The van der Waals surface area contributed by atoms with Gasteiger partial charge in [-0.05, 0) is 37.3 Å². The lowest BCUT2D eigenvalue weighted by molar-refractivity contribution is -0.889. The Morgan fingerprint density at radius 1 is 0.792 bits per heavy atom. The summed E-state index contributed by atoms with van der Waals surface area (Å²) in [5, 5.41) is 0. The van der Waals surface area contributed by atoms with Crippen LogP contribution in [0.3, 0.4) is 0 Å². The lowest BCUT2D eigenvalue weighted by Gasteiger charge is -2.30. The first-order chi connectivity index (χ1) is 11.8. The van der Waals surface area contributed by atoms with Crippen molar-refractivity contribution >= 4 is 0 Å². The minimum absolute atomic E-state index is 0.205. The van der Waals surface area contributed by atoms with E-state index in [1.54, 1.807) is 0 Å². The van der Waals surface area contributed by atoms with Gasteiger partial charge in [0.15, 0.2) is 0 Å². The van der Waals surface area contributed by atoms with Crippen LogP contribution < -0.4 is 4.90 Å². The van der Waals surface area contributed by atoms with E-state index in [0.717, 1.165) is 32.5 Å². The largest absolute Gasteiger partial charge is 0.325 e. The Balaban J connectivity index is 2.49. The van der Waals surface area contributed by atoms with Gasteiger partial charge in [0, 0.05) is 0 Å². The summed E-state index contributed by atoms with van der Waals surface area (Å²) in [6, 6.07) is 21.6. The zero-order chi connectivity index (χ0) is 17.3. The lowest BCUT2D eigenvalue weighted by atomic mass is 9.72. The van der Waals surface area contributed by atoms with Crippen molar-refractivity contribution in [2.24, 2.45) is 0 Å². The van der Waals surface area contributed by atoms with E-state index in [9.17, 15) is 0 Å². The average molecular weight is 320 g/mol. The Bertz CT molecular complexity index is 605. The molecule has 0 aliphatic heterocycles. The summed E-state index contributed by atoms with van der Waals surface area (Å²) in [5.41, 5.74) is 2.41. The van der Waals surface area contributed by atoms with Gasteiger partial charge in [-0.1, -0.05) is 79.9 Å². The summed E-state index contributed by atoms with van der Waals surface area (Å²) in [5.74, 6) is 7.22. The molecule has 2 aromatic rings. The molecule has 24 heavy (non-hydrogen) atoms. The highest BCUT2D eigenvalue weighted by molar-refractivity contribution is 5.48. The summed E-state index contributed by atoms with van der Waals surface area (Å²) in [6.45, 7) is 9.88. The molecule has 0 atom stereocenters. The molecule has 0 aliphatic rings. The van der Waals surface area contributed by atoms with Crippen molar-refractivity contribution in [3.05, 3.63) is 71.8 Å². The van der Waals surface area contributed by atoms with Gasteiger partial charge >= 0.3 is 0 Å².